The van der Waals surface area contributed by atoms with E-state index in [1.54, 1.807) is 18.2 Å². The molecule has 1 aromatic rings. The van der Waals surface area contributed by atoms with Gasteiger partial charge in [0, 0.05) is 37.7 Å². The number of nitrogen functional groups attached to an aromatic ring is 1. The van der Waals surface area contributed by atoms with Gasteiger partial charge in [0.15, 0.2) is 0 Å². The standard InChI is InChI=1S/C15H21N3O3/c1-21-13-10-11(16)6-7-12(13)17-14(19)4-2-8-18-9-3-5-15(18)20/h6-7,10H,2-5,8-9,16H2,1H3,(H,17,19). The summed E-state index contributed by atoms with van der Waals surface area (Å²) in [5.41, 5.74) is 6.85. The van der Waals surface area contributed by atoms with Crippen molar-refractivity contribution < 1.29 is 14.3 Å². The molecule has 6 nitrogen and oxygen atoms in total. The molecule has 0 saturated carbocycles. The number of amides is 2. The number of likely N-dealkylation sites (tertiary alicyclic amines) is 1. The quantitative estimate of drug-likeness (QED) is 0.780. The Morgan fingerprint density at radius 3 is 2.95 bits per heavy atom. The van der Waals surface area contributed by atoms with Gasteiger partial charge in [0.05, 0.1) is 12.8 Å². The first-order chi connectivity index (χ1) is 10.1. The SMILES string of the molecule is COc1cc(N)ccc1NC(=O)CCCN1CCCC1=O. The molecule has 21 heavy (non-hydrogen) atoms. The zero-order chi connectivity index (χ0) is 15.2. The van der Waals surface area contributed by atoms with Gasteiger partial charge >= 0.3 is 0 Å². The summed E-state index contributed by atoms with van der Waals surface area (Å²) >= 11 is 0. The summed E-state index contributed by atoms with van der Waals surface area (Å²) in [6.07, 6.45) is 2.59. The van der Waals surface area contributed by atoms with Crippen molar-refractivity contribution in [2.45, 2.75) is 25.7 Å². The van der Waals surface area contributed by atoms with Crippen molar-refractivity contribution >= 4 is 23.2 Å². The first kappa shape index (κ1) is 15.2. The number of methoxy groups -OCH3 is 1. The number of rotatable bonds is 6. The topological polar surface area (TPSA) is 84.7 Å². The fraction of sp³-hybridized carbons (Fsp3) is 0.467. The average Bonchev–Trinajstić information content (AvgIpc) is 2.86. The van der Waals surface area contributed by atoms with Crippen LogP contribution in [-0.2, 0) is 9.59 Å². The molecule has 6 heteroatoms. The minimum Gasteiger partial charge on any atom is -0.494 e. The first-order valence-electron chi connectivity index (χ1n) is 7.11. The molecule has 114 valence electrons. The maximum Gasteiger partial charge on any atom is 0.224 e. The smallest absolute Gasteiger partial charge is 0.224 e. The van der Waals surface area contributed by atoms with Crippen LogP contribution < -0.4 is 15.8 Å². The highest BCUT2D eigenvalue weighted by Crippen LogP contribution is 2.26. The van der Waals surface area contributed by atoms with Gasteiger partial charge in [-0.05, 0) is 25.0 Å². The number of carbonyl (C=O) groups is 2. The zero-order valence-corrected chi connectivity index (χ0v) is 12.2. The molecule has 1 heterocycles. The molecule has 0 spiro atoms. The van der Waals surface area contributed by atoms with Crippen LogP contribution in [0.3, 0.4) is 0 Å². The molecule has 1 aromatic carbocycles. The molecule has 1 aliphatic rings. The Bertz CT molecular complexity index is 531. The zero-order valence-electron chi connectivity index (χ0n) is 12.2. The molecule has 1 fully saturated rings. The third-order valence-corrected chi connectivity index (χ3v) is 3.50. The Morgan fingerprint density at radius 1 is 1.48 bits per heavy atom. The molecule has 2 amide bonds. The Morgan fingerprint density at radius 2 is 2.29 bits per heavy atom. The first-order valence-corrected chi connectivity index (χ1v) is 7.11. The lowest BCUT2D eigenvalue weighted by Crippen LogP contribution is -2.26. The number of carbonyl (C=O) groups excluding carboxylic acids is 2. The van der Waals surface area contributed by atoms with Crippen LogP contribution in [0.2, 0.25) is 0 Å². The van der Waals surface area contributed by atoms with Gasteiger partial charge in [-0.25, -0.2) is 0 Å². The Balaban J connectivity index is 1.80. The lowest BCUT2D eigenvalue weighted by Gasteiger charge is -2.15. The van der Waals surface area contributed by atoms with Crippen LogP contribution in [-0.4, -0.2) is 36.9 Å². The molecule has 1 saturated heterocycles. The molecule has 1 aliphatic heterocycles. The third kappa shape index (κ3) is 4.11. The normalized spacial score (nSPS) is 14.3. The summed E-state index contributed by atoms with van der Waals surface area (Å²) in [7, 11) is 1.53. The van der Waals surface area contributed by atoms with E-state index in [0.29, 0.717) is 42.9 Å². The lowest BCUT2D eigenvalue weighted by molar-refractivity contribution is -0.128. The summed E-state index contributed by atoms with van der Waals surface area (Å²) in [6, 6.07) is 5.09. The Kier molecular flexibility index (Phi) is 5.03. The molecule has 0 unspecified atom stereocenters. The maximum atomic E-state index is 11.9. The maximum absolute atomic E-state index is 11.9. The molecule has 0 aliphatic carbocycles. The van der Waals surface area contributed by atoms with E-state index in [1.165, 1.54) is 7.11 Å². The summed E-state index contributed by atoms with van der Waals surface area (Å²) in [5.74, 6) is 0.637. The molecule has 0 radical (unpaired) electrons. The van der Waals surface area contributed by atoms with Crippen LogP contribution >= 0.6 is 0 Å². The van der Waals surface area contributed by atoms with E-state index in [1.807, 2.05) is 4.90 Å². The molecule has 2 rings (SSSR count). The molecule has 0 atom stereocenters. The summed E-state index contributed by atoms with van der Waals surface area (Å²) in [5, 5.41) is 2.80. The number of nitrogens with one attached hydrogen (secondary N) is 1. The second-order valence-corrected chi connectivity index (χ2v) is 5.10. The van der Waals surface area contributed by atoms with Gasteiger partial charge in [-0.2, -0.15) is 0 Å². The second-order valence-electron chi connectivity index (χ2n) is 5.10. The minimum atomic E-state index is -0.0929. The van der Waals surface area contributed by atoms with Crippen molar-refractivity contribution in [1.29, 1.82) is 0 Å². The number of hydrogen-bond acceptors (Lipinski definition) is 4. The van der Waals surface area contributed by atoms with Gasteiger partial charge < -0.3 is 20.7 Å². The van der Waals surface area contributed by atoms with Gasteiger partial charge in [0.2, 0.25) is 11.8 Å². The van der Waals surface area contributed by atoms with Crippen LogP contribution in [0.4, 0.5) is 11.4 Å². The Hall–Kier alpha value is -2.24. The van der Waals surface area contributed by atoms with Crippen LogP contribution in [0.1, 0.15) is 25.7 Å². The lowest BCUT2D eigenvalue weighted by atomic mass is 10.2. The summed E-state index contributed by atoms with van der Waals surface area (Å²) in [6.45, 7) is 1.46. The monoisotopic (exact) mass is 291 g/mol. The fourth-order valence-electron chi connectivity index (χ4n) is 2.39. The van der Waals surface area contributed by atoms with Crippen molar-refractivity contribution in [2.24, 2.45) is 0 Å². The van der Waals surface area contributed by atoms with Crippen molar-refractivity contribution in [1.82, 2.24) is 4.90 Å². The summed E-state index contributed by atoms with van der Waals surface area (Å²) in [4.78, 5) is 25.2. The predicted molar refractivity (Wildman–Crippen MR) is 81.1 cm³/mol. The molecule has 0 bridgehead atoms. The Labute approximate surface area is 124 Å². The number of nitrogens with zero attached hydrogens (tertiary/aromatic N) is 1. The van der Waals surface area contributed by atoms with Gasteiger partial charge in [-0.3, -0.25) is 9.59 Å². The summed E-state index contributed by atoms with van der Waals surface area (Å²) < 4.78 is 5.18. The number of benzene rings is 1. The van der Waals surface area contributed by atoms with Gasteiger partial charge in [0.1, 0.15) is 5.75 Å². The van der Waals surface area contributed by atoms with Gasteiger partial charge in [-0.1, -0.05) is 0 Å². The van der Waals surface area contributed by atoms with Crippen molar-refractivity contribution in [3.05, 3.63) is 18.2 Å². The molecular formula is C15H21N3O3. The minimum absolute atomic E-state index is 0.0929. The molecule has 0 aromatic heterocycles. The van der Waals surface area contributed by atoms with Crippen LogP contribution in [0, 0.1) is 0 Å². The van der Waals surface area contributed by atoms with E-state index in [-0.39, 0.29) is 11.8 Å². The van der Waals surface area contributed by atoms with E-state index in [4.69, 9.17) is 10.5 Å². The number of anilines is 2. The average molecular weight is 291 g/mol. The van der Waals surface area contributed by atoms with Crippen LogP contribution in [0.15, 0.2) is 18.2 Å². The molecular weight excluding hydrogens is 270 g/mol. The van der Waals surface area contributed by atoms with Gasteiger partial charge in [-0.15, -0.1) is 0 Å². The third-order valence-electron chi connectivity index (χ3n) is 3.50. The highest BCUT2D eigenvalue weighted by Gasteiger charge is 2.19. The van der Waals surface area contributed by atoms with Crippen molar-refractivity contribution in [3.63, 3.8) is 0 Å². The van der Waals surface area contributed by atoms with E-state index < -0.39 is 0 Å². The van der Waals surface area contributed by atoms with E-state index >= 15 is 0 Å². The number of hydrogen-bond donors (Lipinski definition) is 2. The second kappa shape index (κ2) is 6.97. The fourth-order valence-corrected chi connectivity index (χ4v) is 2.39. The van der Waals surface area contributed by atoms with Crippen LogP contribution in [0.5, 0.6) is 5.75 Å². The van der Waals surface area contributed by atoms with Crippen molar-refractivity contribution in [3.8, 4) is 5.75 Å². The largest absolute Gasteiger partial charge is 0.494 e. The van der Waals surface area contributed by atoms with Crippen molar-refractivity contribution in [2.75, 3.05) is 31.2 Å². The van der Waals surface area contributed by atoms with E-state index in [9.17, 15) is 9.59 Å². The number of ether oxygens (including phenoxy) is 1. The highest BCUT2D eigenvalue weighted by molar-refractivity contribution is 5.92. The molecule has 3 N–H and O–H groups in total. The van der Waals surface area contributed by atoms with E-state index in [2.05, 4.69) is 5.32 Å². The van der Waals surface area contributed by atoms with Gasteiger partial charge in [0.25, 0.3) is 0 Å². The number of nitrogens with two attached hydrogens (primary N) is 1. The predicted octanol–water partition coefficient (Wildman–Crippen LogP) is 1.62. The van der Waals surface area contributed by atoms with E-state index in [0.717, 1.165) is 13.0 Å². The van der Waals surface area contributed by atoms with Crippen LogP contribution in [0.25, 0.3) is 0 Å². The highest BCUT2D eigenvalue weighted by atomic mass is 16.5.